The van der Waals surface area contributed by atoms with Crippen LogP contribution in [-0.4, -0.2) is 29.0 Å². The maximum Gasteiger partial charge on any atom is 0.339 e. The lowest BCUT2D eigenvalue weighted by Gasteiger charge is -2.10. The van der Waals surface area contributed by atoms with Gasteiger partial charge in [0.05, 0.1) is 30.8 Å². The number of methoxy groups -OCH3 is 1. The van der Waals surface area contributed by atoms with Crippen molar-refractivity contribution in [2.45, 2.75) is 6.92 Å². The number of amides is 1. The predicted octanol–water partition coefficient (Wildman–Crippen LogP) is 4.22. The second kappa shape index (κ2) is 8.49. The molecule has 0 aliphatic heterocycles. The molecular formula is C20H17ClN4O3. The summed E-state index contributed by atoms with van der Waals surface area (Å²) >= 11 is 6.11. The molecule has 0 spiro atoms. The number of rotatable bonds is 5. The highest BCUT2D eigenvalue weighted by atomic mass is 35.5. The van der Waals surface area contributed by atoms with E-state index in [2.05, 4.69) is 20.6 Å². The summed E-state index contributed by atoms with van der Waals surface area (Å²) in [5.74, 6) is -0.571. The number of benzene rings is 2. The molecular weight excluding hydrogens is 380 g/mol. The summed E-state index contributed by atoms with van der Waals surface area (Å²) in [7, 11) is 1.28. The van der Waals surface area contributed by atoms with Crippen LogP contribution < -0.4 is 10.6 Å². The lowest BCUT2D eigenvalue weighted by Crippen LogP contribution is -2.17. The smallest absolute Gasteiger partial charge is 0.339 e. The van der Waals surface area contributed by atoms with Crippen LogP contribution in [0.1, 0.15) is 26.4 Å². The largest absolute Gasteiger partial charge is 0.465 e. The quantitative estimate of drug-likeness (QED) is 0.627. The molecule has 0 radical (unpaired) electrons. The summed E-state index contributed by atoms with van der Waals surface area (Å²) < 4.78 is 4.72. The molecule has 7 nitrogen and oxygen atoms in total. The number of anilines is 3. The Morgan fingerprint density at radius 3 is 2.54 bits per heavy atom. The summed E-state index contributed by atoms with van der Waals surface area (Å²) in [5.41, 5.74) is 2.41. The van der Waals surface area contributed by atoms with E-state index in [1.54, 1.807) is 30.3 Å². The predicted molar refractivity (Wildman–Crippen MR) is 107 cm³/mol. The third-order valence-electron chi connectivity index (χ3n) is 3.91. The third kappa shape index (κ3) is 4.44. The van der Waals surface area contributed by atoms with Gasteiger partial charge in [-0.3, -0.25) is 4.79 Å². The van der Waals surface area contributed by atoms with Crippen LogP contribution in [0.5, 0.6) is 0 Å². The molecule has 0 atom stereocenters. The first-order chi connectivity index (χ1) is 13.5. The minimum Gasteiger partial charge on any atom is -0.465 e. The molecule has 3 aromatic rings. The van der Waals surface area contributed by atoms with Crippen molar-refractivity contribution in [2.75, 3.05) is 17.7 Å². The zero-order valence-electron chi connectivity index (χ0n) is 15.2. The minimum atomic E-state index is -0.543. The topological polar surface area (TPSA) is 93.2 Å². The number of esters is 1. The van der Waals surface area contributed by atoms with E-state index >= 15 is 0 Å². The summed E-state index contributed by atoms with van der Waals surface area (Å²) in [5, 5.41) is 6.35. The number of nitrogens with zero attached hydrogens (tertiary/aromatic N) is 2. The van der Waals surface area contributed by atoms with Gasteiger partial charge in [-0.05, 0) is 36.8 Å². The molecule has 142 valence electrons. The van der Waals surface area contributed by atoms with Gasteiger partial charge in [-0.1, -0.05) is 29.8 Å². The Bertz CT molecular complexity index is 1020. The summed E-state index contributed by atoms with van der Waals surface area (Å²) in [4.78, 5) is 32.5. The molecule has 1 amide bonds. The maximum absolute atomic E-state index is 12.4. The number of carbonyl (C=O) groups excluding carboxylic acids is 2. The SMILES string of the molecule is COC(=O)c1ccccc1NC(=O)c1cnc(Nc2ccc(C)c(Cl)c2)cn1. The molecule has 1 heterocycles. The second-order valence-corrected chi connectivity index (χ2v) is 6.27. The zero-order valence-corrected chi connectivity index (χ0v) is 15.9. The number of para-hydroxylation sites is 1. The summed E-state index contributed by atoms with van der Waals surface area (Å²) in [6.07, 6.45) is 2.78. The van der Waals surface area contributed by atoms with E-state index in [1.165, 1.54) is 19.5 Å². The van der Waals surface area contributed by atoms with Crippen molar-refractivity contribution in [3.63, 3.8) is 0 Å². The second-order valence-electron chi connectivity index (χ2n) is 5.87. The minimum absolute atomic E-state index is 0.104. The number of hydrogen-bond donors (Lipinski definition) is 2. The Morgan fingerprint density at radius 1 is 1.07 bits per heavy atom. The van der Waals surface area contributed by atoms with Gasteiger partial charge in [-0.25, -0.2) is 14.8 Å². The van der Waals surface area contributed by atoms with Gasteiger partial charge in [0.15, 0.2) is 0 Å². The highest BCUT2D eigenvalue weighted by molar-refractivity contribution is 6.31. The molecule has 8 heteroatoms. The fourth-order valence-corrected chi connectivity index (χ4v) is 2.58. The molecule has 0 aliphatic rings. The highest BCUT2D eigenvalue weighted by Crippen LogP contribution is 2.22. The van der Waals surface area contributed by atoms with Gasteiger partial charge in [-0.2, -0.15) is 0 Å². The van der Waals surface area contributed by atoms with Gasteiger partial charge in [0.2, 0.25) is 0 Å². The summed E-state index contributed by atoms with van der Waals surface area (Å²) in [6.45, 7) is 1.91. The zero-order chi connectivity index (χ0) is 20.1. The third-order valence-corrected chi connectivity index (χ3v) is 4.32. The van der Waals surface area contributed by atoms with Crippen LogP contribution in [0.15, 0.2) is 54.9 Å². The van der Waals surface area contributed by atoms with Crippen LogP contribution in [0, 0.1) is 6.92 Å². The number of aryl methyl sites for hydroxylation is 1. The lowest BCUT2D eigenvalue weighted by atomic mass is 10.1. The molecule has 2 aromatic carbocycles. The molecule has 28 heavy (non-hydrogen) atoms. The van der Waals surface area contributed by atoms with Crippen LogP contribution in [0.3, 0.4) is 0 Å². The van der Waals surface area contributed by atoms with Crippen LogP contribution in [-0.2, 0) is 4.74 Å². The van der Waals surface area contributed by atoms with E-state index in [0.29, 0.717) is 16.5 Å². The Kier molecular flexibility index (Phi) is 5.86. The van der Waals surface area contributed by atoms with E-state index in [1.807, 2.05) is 19.1 Å². The van der Waals surface area contributed by atoms with Gasteiger partial charge in [0.1, 0.15) is 11.5 Å². The number of hydrogen-bond acceptors (Lipinski definition) is 6. The molecule has 0 fully saturated rings. The first-order valence-electron chi connectivity index (χ1n) is 8.32. The normalized spacial score (nSPS) is 10.2. The highest BCUT2D eigenvalue weighted by Gasteiger charge is 2.15. The first-order valence-corrected chi connectivity index (χ1v) is 8.69. The van der Waals surface area contributed by atoms with E-state index < -0.39 is 11.9 Å². The Morgan fingerprint density at radius 2 is 1.86 bits per heavy atom. The summed E-state index contributed by atoms with van der Waals surface area (Å²) in [6, 6.07) is 12.1. The molecule has 0 saturated carbocycles. The van der Waals surface area contributed by atoms with Crippen molar-refractivity contribution < 1.29 is 14.3 Å². The first kappa shape index (κ1) is 19.3. The van der Waals surface area contributed by atoms with E-state index in [-0.39, 0.29) is 11.3 Å². The van der Waals surface area contributed by atoms with Crippen molar-refractivity contribution in [3.8, 4) is 0 Å². The average molecular weight is 397 g/mol. The van der Waals surface area contributed by atoms with Crippen LogP contribution >= 0.6 is 11.6 Å². The van der Waals surface area contributed by atoms with Crippen LogP contribution in [0.25, 0.3) is 0 Å². The number of carbonyl (C=O) groups is 2. The fourth-order valence-electron chi connectivity index (χ4n) is 2.39. The van der Waals surface area contributed by atoms with Crippen molar-refractivity contribution in [1.29, 1.82) is 0 Å². The molecule has 2 N–H and O–H groups in total. The Labute approximate surface area is 166 Å². The van der Waals surface area contributed by atoms with Crippen molar-refractivity contribution >= 4 is 40.7 Å². The Balaban J connectivity index is 1.72. The van der Waals surface area contributed by atoms with Gasteiger partial charge >= 0.3 is 5.97 Å². The molecule has 0 bridgehead atoms. The monoisotopic (exact) mass is 396 g/mol. The lowest BCUT2D eigenvalue weighted by molar-refractivity contribution is 0.0602. The number of halogens is 1. The average Bonchev–Trinajstić information content (AvgIpc) is 2.71. The van der Waals surface area contributed by atoms with Gasteiger partial charge in [-0.15, -0.1) is 0 Å². The van der Waals surface area contributed by atoms with E-state index in [9.17, 15) is 9.59 Å². The molecule has 3 rings (SSSR count). The number of aromatic nitrogens is 2. The van der Waals surface area contributed by atoms with Crippen molar-refractivity contribution in [1.82, 2.24) is 9.97 Å². The van der Waals surface area contributed by atoms with E-state index in [0.717, 1.165) is 11.3 Å². The van der Waals surface area contributed by atoms with Gasteiger partial charge in [0, 0.05) is 10.7 Å². The Hall–Kier alpha value is -3.45. The standard InChI is InChI=1S/C20H17ClN4O3/c1-12-7-8-13(9-15(12)21)24-18-11-22-17(10-23-18)19(26)25-16-6-4-3-5-14(16)20(27)28-2/h3-11H,1-2H3,(H,23,24)(H,25,26). The van der Waals surface area contributed by atoms with Crippen molar-refractivity contribution in [2.24, 2.45) is 0 Å². The maximum atomic E-state index is 12.4. The molecule has 1 aromatic heterocycles. The van der Waals surface area contributed by atoms with Crippen molar-refractivity contribution in [3.05, 3.63) is 76.7 Å². The molecule has 0 unspecified atom stereocenters. The van der Waals surface area contributed by atoms with E-state index in [4.69, 9.17) is 16.3 Å². The van der Waals surface area contributed by atoms with Gasteiger partial charge in [0.25, 0.3) is 5.91 Å². The fraction of sp³-hybridized carbons (Fsp3) is 0.100. The number of nitrogens with one attached hydrogen (secondary N) is 2. The number of ether oxygens (including phenoxy) is 1. The molecule has 0 aliphatic carbocycles. The van der Waals surface area contributed by atoms with Crippen LogP contribution in [0.4, 0.5) is 17.2 Å². The van der Waals surface area contributed by atoms with Crippen LogP contribution in [0.2, 0.25) is 5.02 Å². The van der Waals surface area contributed by atoms with Gasteiger partial charge < -0.3 is 15.4 Å². The molecule has 0 saturated heterocycles.